The smallest absolute Gasteiger partial charge is 0.303 e. The topological polar surface area (TPSA) is 66.8 Å². The normalized spacial score (nSPS) is 18.9. The molecule has 1 aromatic carbocycles. The summed E-state index contributed by atoms with van der Waals surface area (Å²) in [7, 11) is 0. The standard InChI is InChI=1S/C18H24FNO4/c1-2-15(24-16-8-4-3-7-14(16)19)18(23)20-11-5-6-13(12-20)9-10-17(21)22/h3-4,7-8,13,15H,2,5-6,9-12H2,1H3,(H,21,22)/t13-,15+/m0/s1. The third-order valence-corrected chi connectivity index (χ3v) is 4.35. The van der Waals surface area contributed by atoms with E-state index in [1.54, 1.807) is 17.0 Å². The molecular weight excluding hydrogens is 313 g/mol. The van der Waals surface area contributed by atoms with Gasteiger partial charge in [0.1, 0.15) is 0 Å². The molecule has 1 aliphatic rings. The number of likely N-dealkylation sites (tertiary alicyclic amines) is 1. The lowest BCUT2D eigenvalue weighted by molar-refractivity contribution is -0.141. The molecule has 1 aliphatic heterocycles. The maximum atomic E-state index is 13.7. The molecule has 6 heteroatoms. The zero-order chi connectivity index (χ0) is 17.5. The molecule has 2 atom stereocenters. The van der Waals surface area contributed by atoms with Crippen LogP contribution in [0.2, 0.25) is 0 Å². The van der Waals surface area contributed by atoms with Gasteiger partial charge < -0.3 is 14.7 Å². The number of hydrogen-bond acceptors (Lipinski definition) is 3. The van der Waals surface area contributed by atoms with Crippen molar-refractivity contribution >= 4 is 11.9 Å². The minimum Gasteiger partial charge on any atom is -0.481 e. The first-order valence-electron chi connectivity index (χ1n) is 8.43. The van der Waals surface area contributed by atoms with Gasteiger partial charge in [0.25, 0.3) is 5.91 Å². The molecule has 0 radical (unpaired) electrons. The molecule has 24 heavy (non-hydrogen) atoms. The number of rotatable bonds is 7. The number of carboxylic acid groups (broad SMARTS) is 1. The van der Waals surface area contributed by atoms with Crippen LogP contribution in [0.4, 0.5) is 4.39 Å². The molecule has 1 N–H and O–H groups in total. The third kappa shape index (κ3) is 4.94. The summed E-state index contributed by atoms with van der Waals surface area (Å²) in [6.45, 7) is 3.01. The Labute approximate surface area is 141 Å². The Morgan fingerprint density at radius 2 is 2.17 bits per heavy atom. The number of nitrogens with zero attached hydrogens (tertiary/aromatic N) is 1. The second-order valence-corrected chi connectivity index (χ2v) is 6.17. The van der Waals surface area contributed by atoms with Crippen molar-refractivity contribution in [3.8, 4) is 5.75 Å². The van der Waals surface area contributed by atoms with Crippen molar-refractivity contribution in [2.24, 2.45) is 5.92 Å². The Balaban J connectivity index is 1.97. The van der Waals surface area contributed by atoms with E-state index < -0.39 is 17.9 Å². The molecule has 0 bridgehead atoms. The van der Waals surface area contributed by atoms with Crippen molar-refractivity contribution in [1.29, 1.82) is 0 Å². The number of carbonyl (C=O) groups excluding carboxylic acids is 1. The van der Waals surface area contributed by atoms with Gasteiger partial charge in [-0.25, -0.2) is 4.39 Å². The Hall–Kier alpha value is -2.11. The SMILES string of the molecule is CC[C@@H](Oc1ccccc1F)C(=O)N1CCC[C@@H](CCC(=O)O)C1. The van der Waals surface area contributed by atoms with Crippen LogP contribution in [0.5, 0.6) is 5.75 Å². The maximum absolute atomic E-state index is 13.7. The molecule has 1 saturated heterocycles. The molecule has 1 amide bonds. The molecule has 0 spiro atoms. The van der Waals surface area contributed by atoms with Crippen LogP contribution in [0.3, 0.4) is 0 Å². The average molecular weight is 337 g/mol. The van der Waals surface area contributed by atoms with Crippen molar-refractivity contribution in [2.75, 3.05) is 13.1 Å². The van der Waals surface area contributed by atoms with Crippen LogP contribution in [0.1, 0.15) is 39.0 Å². The van der Waals surface area contributed by atoms with Gasteiger partial charge in [-0.3, -0.25) is 9.59 Å². The zero-order valence-electron chi connectivity index (χ0n) is 13.9. The Kier molecular flexibility index (Phi) is 6.58. The van der Waals surface area contributed by atoms with Crippen LogP contribution in [0.15, 0.2) is 24.3 Å². The zero-order valence-corrected chi connectivity index (χ0v) is 13.9. The van der Waals surface area contributed by atoms with Gasteiger partial charge in [0.2, 0.25) is 0 Å². The summed E-state index contributed by atoms with van der Waals surface area (Å²) < 4.78 is 19.3. The number of hydrogen-bond donors (Lipinski definition) is 1. The van der Waals surface area contributed by atoms with Crippen LogP contribution < -0.4 is 4.74 Å². The van der Waals surface area contributed by atoms with E-state index in [-0.39, 0.29) is 24.0 Å². The van der Waals surface area contributed by atoms with E-state index in [0.29, 0.717) is 25.9 Å². The lowest BCUT2D eigenvalue weighted by Gasteiger charge is -2.34. The lowest BCUT2D eigenvalue weighted by atomic mass is 9.93. The highest BCUT2D eigenvalue weighted by atomic mass is 19.1. The van der Waals surface area contributed by atoms with Crippen LogP contribution >= 0.6 is 0 Å². The van der Waals surface area contributed by atoms with E-state index in [0.717, 1.165) is 12.8 Å². The predicted octanol–water partition coefficient (Wildman–Crippen LogP) is 3.09. The minimum absolute atomic E-state index is 0.0807. The summed E-state index contributed by atoms with van der Waals surface area (Å²) in [5.41, 5.74) is 0. The molecule has 132 valence electrons. The fraction of sp³-hybridized carbons (Fsp3) is 0.556. The summed E-state index contributed by atoms with van der Waals surface area (Å²) in [6, 6.07) is 6.05. The first-order valence-corrected chi connectivity index (χ1v) is 8.43. The molecular formula is C18H24FNO4. The van der Waals surface area contributed by atoms with E-state index in [4.69, 9.17) is 9.84 Å². The van der Waals surface area contributed by atoms with E-state index in [9.17, 15) is 14.0 Å². The molecule has 0 unspecified atom stereocenters. The first-order chi connectivity index (χ1) is 11.5. The number of halogens is 1. The lowest BCUT2D eigenvalue weighted by Crippen LogP contribution is -2.46. The average Bonchev–Trinajstić information content (AvgIpc) is 2.59. The number of carboxylic acids is 1. The summed E-state index contributed by atoms with van der Waals surface area (Å²) in [6.07, 6.45) is 2.21. The van der Waals surface area contributed by atoms with Crippen LogP contribution in [0, 0.1) is 11.7 Å². The van der Waals surface area contributed by atoms with Gasteiger partial charge in [0.15, 0.2) is 17.7 Å². The van der Waals surface area contributed by atoms with E-state index in [1.165, 1.54) is 12.1 Å². The number of benzene rings is 1. The van der Waals surface area contributed by atoms with E-state index in [2.05, 4.69) is 0 Å². The van der Waals surface area contributed by atoms with Crippen LogP contribution in [-0.4, -0.2) is 41.1 Å². The summed E-state index contributed by atoms with van der Waals surface area (Å²) in [5, 5.41) is 8.80. The molecule has 0 saturated carbocycles. The quantitative estimate of drug-likeness (QED) is 0.830. The maximum Gasteiger partial charge on any atom is 0.303 e. The van der Waals surface area contributed by atoms with Gasteiger partial charge in [-0.05, 0) is 43.7 Å². The fourth-order valence-electron chi connectivity index (χ4n) is 3.03. The number of ether oxygens (including phenoxy) is 1. The molecule has 0 aromatic heterocycles. The monoisotopic (exact) mass is 337 g/mol. The van der Waals surface area contributed by atoms with Crippen molar-refractivity contribution in [3.63, 3.8) is 0 Å². The summed E-state index contributed by atoms with van der Waals surface area (Å²) in [4.78, 5) is 25.1. The van der Waals surface area contributed by atoms with Crippen molar-refractivity contribution in [1.82, 2.24) is 4.90 Å². The molecule has 0 aliphatic carbocycles. The van der Waals surface area contributed by atoms with Crippen LogP contribution in [0.25, 0.3) is 0 Å². The predicted molar refractivity (Wildman–Crippen MR) is 87.3 cm³/mol. The first kappa shape index (κ1) is 18.2. The molecule has 1 fully saturated rings. The number of carbonyl (C=O) groups is 2. The second kappa shape index (κ2) is 8.66. The number of amides is 1. The highest BCUT2D eigenvalue weighted by Crippen LogP contribution is 2.24. The Morgan fingerprint density at radius 3 is 2.83 bits per heavy atom. The fourth-order valence-corrected chi connectivity index (χ4v) is 3.03. The highest BCUT2D eigenvalue weighted by molar-refractivity contribution is 5.81. The van der Waals surface area contributed by atoms with Gasteiger partial charge in [0.05, 0.1) is 0 Å². The largest absolute Gasteiger partial charge is 0.481 e. The second-order valence-electron chi connectivity index (χ2n) is 6.17. The minimum atomic E-state index is -0.812. The number of aliphatic carboxylic acids is 1. The van der Waals surface area contributed by atoms with Crippen molar-refractivity contribution in [3.05, 3.63) is 30.1 Å². The number of para-hydroxylation sites is 1. The summed E-state index contributed by atoms with van der Waals surface area (Å²) >= 11 is 0. The van der Waals surface area contributed by atoms with Gasteiger partial charge >= 0.3 is 5.97 Å². The van der Waals surface area contributed by atoms with E-state index in [1.807, 2.05) is 6.92 Å². The molecule has 1 aromatic rings. The van der Waals surface area contributed by atoms with Crippen molar-refractivity contribution in [2.45, 2.75) is 45.1 Å². The van der Waals surface area contributed by atoms with Crippen molar-refractivity contribution < 1.29 is 23.8 Å². The molecule has 2 rings (SSSR count). The Bertz CT molecular complexity index is 578. The number of piperidine rings is 1. The van der Waals surface area contributed by atoms with E-state index >= 15 is 0 Å². The van der Waals surface area contributed by atoms with Gasteiger partial charge in [-0.2, -0.15) is 0 Å². The molecule has 5 nitrogen and oxygen atoms in total. The van der Waals surface area contributed by atoms with Gasteiger partial charge in [0, 0.05) is 19.5 Å². The van der Waals surface area contributed by atoms with Crippen LogP contribution in [-0.2, 0) is 9.59 Å². The third-order valence-electron chi connectivity index (χ3n) is 4.35. The highest BCUT2D eigenvalue weighted by Gasteiger charge is 2.29. The summed E-state index contributed by atoms with van der Waals surface area (Å²) in [5.74, 6) is -1.17. The molecule has 1 heterocycles. The van der Waals surface area contributed by atoms with Gasteiger partial charge in [-0.15, -0.1) is 0 Å². The van der Waals surface area contributed by atoms with Gasteiger partial charge in [-0.1, -0.05) is 19.1 Å². The Morgan fingerprint density at radius 1 is 1.42 bits per heavy atom.